The van der Waals surface area contributed by atoms with E-state index in [4.69, 9.17) is 4.74 Å². The summed E-state index contributed by atoms with van der Waals surface area (Å²) < 4.78 is 5.42. The molecule has 4 amide bonds. The molecule has 45 heavy (non-hydrogen) atoms. The van der Waals surface area contributed by atoms with E-state index in [2.05, 4.69) is 0 Å². The van der Waals surface area contributed by atoms with Crippen LogP contribution in [-0.2, 0) is 19.2 Å². The lowest BCUT2D eigenvalue weighted by Crippen LogP contribution is -2.48. The normalized spacial score (nSPS) is 28.9. The van der Waals surface area contributed by atoms with Crippen LogP contribution in [0.25, 0.3) is 0 Å². The summed E-state index contributed by atoms with van der Waals surface area (Å²) in [5.74, 6) is -4.46. The molecule has 3 fully saturated rings. The molecule has 0 radical (unpaired) electrons. The minimum Gasteiger partial charge on any atom is -0.504 e. The summed E-state index contributed by atoms with van der Waals surface area (Å²) in [5.41, 5.74) is 1.68. The van der Waals surface area contributed by atoms with Crippen molar-refractivity contribution in [1.29, 1.82) is 0 Å². The molecular weight excluding hydrogens is 572 g/mol. The van der Waals surface area contributed by atoms with Crippen LogP contribution in [0.4, 0.5) is 11.4 Å². The van der Waals surface area contributed by atoms with Crippen molar-refractivity contribution < 1.29 is 33.8 Å². The number of methoxy groups -OCH3 is 1. The number of imide groups is 2. The van der Waals surface area contributed by atoms with Gasteiger partial charge in [0.15, 0.2) is 17.3 Å². The average Bonchev–Trinajstić information content (AvgIpc) is 3.41. The van der Waals surface area contributed by atoms with Gasteiger partial charge in [0.2, 0.25) is 23.6 Å². The highest BCUT2D eigenvalue weighted by atomic mass is 16.5. The lowest BCUT2D eigenvalue weighted by Gasteiger charge is -2.49. The van der Waals surface area contributed by atoms with Crippen molar-refractivity contribution in [2.24, 2.45) is 29.1 Å². The number of rotatable bonds is 5. The molecule has 9 nitrogen and oxygen atoms in total. The molecule has 2 aliphatic heterocycles. The highest BCUT2D eigenvalue weighted by Gasteiger charge is 2.67. The summed E-state index contributed by atoms with van der Waals surface area (Å²) in [5, 5.41) is 10.4. The molecule has 2 saturated heterocycles. The Balaban J connectivity index is 1.35. The van der Waals surface area contributed by atoms with Gasteiger partial charge in [0, 0.05) is 11.5 Å². The molecular formula is C36H32N2O7. The van der Waals surface area contributed by atoms with E-state index in [1.807, 2.05) is 19.1 Å². The number of anilines is 2. The Morgan fingerprint density at radius 2 is 1.56 bits per heavy atom. The number of fused-ring (bicyclic) bond motifs is 4. The van der Waals surface area contributed by atoms with Crippen LogP contribution in [0.1, 0.15) is 48.5 Å². The first-order chi connectivity index (χ1) is 21.6. The van der Waals surface area contributed by atoms with E-state index >= 15 is 0 Å². The number of amides is 4. The van der Waals surface area contributed by atoms with Crippen molar-refractivity contribution in [3.63, 3.8) is 0 Å². The maximum atomic E-state index is 14.5. The molecule has 228 valence electrons. The number of benzene rings is 3. The standard InChI is InChI=1S/C36H32N2O7/c1-19(39)20-9-12-23(13-10-20)37-32(41)25-15-14-24-26(30(25)34(37)43)18-27-33(42)38(22-7-5-4-6-8-22)35(44)36(27,2)31(24)21-11-16-28(40)29(17-21)45-3/h4-14,16-17,25-27,30-31,40H,15,18H2,1-3H3. The van der Waals surface area contributed by atoms with Gasteiger partial charge in [-0.15, -0.1) is 0 Å². The Bertz CT molecular complexity index is 1810. The van der Waals surface area contributed by atoms with E-state index in [1.54, 1.807) is 60.7 Å². The molecule has 2 aliphatic carbocycles. The number of ketones is 1. The summed E-state index contributed by atoms with van der Waals surface area (Å²) in [4.78, 5) is 71.0. The molecule has 1 N–H and O–H groups in total. The van der Waals surface area contributed by atoms with Gasteiger partial charge in [0.25, 0.3) is 0 Å². The Morgan fingerprint density at radius 3 is 2.22 bits per heavy atom. The summed E-state index contributed by atoms with van der Waals surface area (Å²) in [6.07, 6.45) is 2.52. The van der Waals surface area contributed by atoms with E-state index in [0.29, 0.717) is 28.9 Å². The molecule has 7 rings (SSSR count). The number of ether oxygens (including phenoxy) is 1. The van der Waals surface area contributed by atoms with Crippen LogP contribution < -0.4 is 14.5 Å². The van der Waals surface area contributed by atoms with Gasteiger partial charge in [-0.05, 0) is 86.7 Å². The van der Waals surface area contributed by atoms with Gasteiger partial charge in [0.1, 0.15) is 0 Å². The number of allylic oxidation sites excluding steroid dienone is 2. The Kier molecular flexibility index (Phi) is 6.54. The predicted octanol–water partition coefficient (Wildman–Crippen LogP) is 5.04. The Hall–Kier alpha value is -5.05. The average molecular weight is 605 g/mol. The van der Waals surface area contributed by atoms with Crippen LogP contribution in [0.3, 0.4) is 0 Å². The minimum absolute atomic E-state index is 0.0595. The molecule has 4 aliphatic rings. The van der Waals surface area contributed by atoms with Crippen LogP contribution in [0.15, 0.2) is 84.4 Å². The molecule has 3 aromatic carbocycles. The molecule has 6 atom stereocenters. The summed E-state index contributed by atoms with van der Waals surface area (Å²) in [6.45, 7) is 3.27. The van der Waals surface area contributed by atoms with Gasteiger partial charge in [-0.2, -0.15) is 0 Å². The van der Waals surface area contributed by atoms with Crippen molar-refractivity contribution in [3.05, 3.63) is 95.6 Å². The Morgan fingerprint density at radius 1 is 0.867 bits per heavy atom. The lowest BCUT2D eigenvalue weighted by molar-refractivity contribution is -0.131. The van der Waals surface area contributed by atoms with Crippen molar-refractivity contribution in [3.8, 4) is 11.5 Å². The van der Waals surface area contributed by atoms with E-state index in [9.17, 15) is 29.1 Å². The molecule has 1 saturated carbocycles. The maximum Gasteiger partial charge on any atom is 0.241 e. The summed E-state index contributed by atoms with van der Waals surface area (Å²) in [7, 11) is 1.44. The van der Waals surface area contributed by atoms with Gasteiger partial charge in [-0.1, -0.05) is 35.9 Å². The Labute approximate surface area is 260 Å². The largest absolute Gasteiger partial charge is 0.504 e. The smallest absolute Gasteiger partial charge is 0.241 e. The SMILES string of the molecule is COc1cc(C2C3=CCC4C(=O)N(c5ccc(C(C)=O)cc5)C(=O)C4C3CC3C(=O)N(c4ccccc4)C(=O)C32C)ccc1O. The van der Waals surface area contributed by atoms with E-state index < -0.39 is 35.0 Å². The van der Waals surface area contributed by atoms with Crippen molar-refractivity contribution in [2.45, 2.75) is 32.6 Å². The number of carbonyl (C=O) groups excluding carboxylic acids is 5. The molecule has 0 spiro atoms. The third-order valence-corrected chi connectivity index (χ3v) is 10.4. The lowest BCUT2D eigenvalue weighted by atomic mass is 9.51. The summed E-state index contributed by atoms with van der Waals surface area (Å²) >= 11 is 0. The fourth-order valence-corrected chi connectivity index (χ4v) is 8.19. The highest BCUT2D eigenvalue weighted by Crippen LogP contribution is 2.64. The topological polar surface area (TPSA) is 121 Å². The number of phenolic OH excluding ortho intramolecular Hbond substituents is 1. The third kappa shape index (κ3) is 4.02. The summed E-state index contributed by atoms with van der Waals surface area (Å²) in [6, 6.07) is 20.2. The molecule has 2 heterocycles. The quantitative estimate of drug-likeness (QED) is 0.246. The number of phenols is 1. The fraction of sp³-hybridized carbons (Fsp3) is 0.306. The van der Waals surface area contributed by atoms with Gasteiger partial charge >= 0.3 is 0 Å². The molecule has 0 bridgehead atoms. The first kappa shape index (κ1) is 28.7. The molecule has 3 aromatic rings. The number of hydrogen-bond acceptors (Lipinski definition) is 7. The fourth-order valence-electron chi connectivity index (χ4n) is 8.19. The van der Waals surface area contributed by atoms with Crippen LogP contribution in [0.2, 0.25) is 0 Å². The number of nitrogens with zero attached hydrogens (tertiary/aromatic N) is 2. The number of Topliss-reactive ketones (excluding diaryl/α,β-unsaturated/α-hetero) is 1. The van der Waals surface area contributed by atoms with Gasteiger partial charge < -0.3 is 9.84 Å². The number of hydrogen-bond donors (Lipinski definition) is 1. The minimum atomic E-state index is -1.20. The van der Waals surface area contributed by atoms with Gasteiger partial charge in [-0.25, -0.2) is 4.90 Å². The van der Waals surface area contributed by atoms with Crippen molar-refractivity contribution in [1.82, 2.24) is 0 Å². The third-order valence-electron chi connectivity index (χ3n) is 10.4. The maximum absolute atomic E-state index is 14.5. The van der Waals surface area contributed by atoms with Crippen LogP contribution in [0, 0.1) is 29.1 Å². The zero-order valence-electron chi connectivity index (χ0n) is 25.1. The zero-order valence-corrected chi connectivity index (χ0v) is 25.1. The first-order valence-electron chi connectivity index (χ1n) is 15.1. The molecule has 9 heteroatoms. The zero-order chi connectivity index (χ0) is 31.8. The molecule has 6 unspecified atom stereocenters. The van der Waals surface area contributed by atoms with Gasteiger partial charge in [0.05, 0.1) is 41.7 Å². The van der Waals surface area contributed by atoms with E-state index in [1.165, 1.54) is 29.9 Å². The van der Waals surface area contributed by atoms with Crippen molar-refractivity contribution in [2.75, 3.05) is 16.9 Å². The van der Waals surface area contributed by atoms with E-state index in [-0.39, 0.29) is 47.3 Å². The van der Waals surface area contributed by atoms with Crippen LogP contribution in [0.5, 0.6) is 11.5 Å². The number of aromatic hydroxyl groups is 1. The first-order valence-corrected chi connectivity index (χ1v) is 15.1. The highest BCUT2D eigenvalue weighted by molar-refractivity contribution is 6.25. The van der Waals surface area contributed by atoms with Crippen molar-refractivity contribution >= 4 is 40.8 Å². The number of carbonyl (C=O) groups is 5. The van der Waals surface area contributed by atoms with E-state index in [0.717, 1.165) is 5.57 Å². The van der Waals surface area contributed by atoms with Gasteiger partial charge in [-0.3, -0.25) is 28.9 Å². The van der Waals surface area contributed by atoms with Crippen LogP contribution in [-0.4, -0.2) is 41.6 Å². The second-order valence-electron chi connectivity index (χ2n) is 12.5. The second-order valence-corrected chi connectivity index (χ2v) is 12.5. The molecule has 0 aromatic heterocycles. The predicted molar refractivity (Wildman–Crippen MR) is 165 cm³/mol. The number of para-hydroxylation sites is 1. The van der Waals surface area contributed by atoms with Crippen LogP contribution >= 0.6 is 0 Å². The monoisotopic (exact) mass is 604 g/mol. The second kappa shape index (κ2) is 10.3.